The fraction of sp³-hybridized carbons (Fsp3) is 0.455. The van der Waals surface area contributed by atoms with Gasteiger partial charge in [-0.2, -0.15) is 0 Å². The van der Waals surface area contributed by atoms with Crippen LogP contribution in [0.2, 0.25) is 0 Å². The van der Waals surface area contributed by atoms with Gasteiger partial charge in [-0.3, -0.25) is 0 Å². The molecule has 14 heavy (non-hydrogen) atoms. The summed E-state index contributed by atoms with van der Waals surface area (Å²) in [4.78, 5) is 0. The Hall–Kier alpha value is -1.12. The number of alkyl halides is 1. The van der Waals surface area contributed by atoms with Gasteiger partial charge >= 0.3 is 0 Å². The van der Waals surface area contributed by atoms with E-state index in [4.69, 9.17) is 0 Å². The molecule has 0 unspecified atom stereocenters. The van der Waals surface area contributed by atoms with Gasteiger partial charge < -0.3 is 4.74 Å². The van der Waals surface area contributed by atoms with Crippen molar-refractivity contribution in [1.82, 2.24) is 0 Å². The van der Waals surface area contributed by atoms with Crippen molar-refractivity contribution in [3.05, 3.63) is 29.6 Å². The summed E-state index contributed by atoms with van der Waals surface area (Å²) >= 11 is 0. The third-order valence-electron chi connectivity index (χ3n) is 1.97. The van der Waals surface area contributed by atoms with E-state index in [1.807, 2.05) is 20.8 Å². The summed E-state index contributed by atoms with van der Waals surface area (Å²) in [6.45, 7) is 4.82. The first kappa shape index (κ1) is 11.0. The first-order valence-corrected chi connectivity index (χ1v) is 4.44. The summed E-state index contributed by atoms with van der Waals surface area (Å²) in [7, 11) is 0. The molecule has 3 heteroatoms. The van der Waals surface area contributed by atoms with Crippen molar-refractivity contribution in [2.45, 2.75) is 26.2 Å². The Labute approximate surface area is 82.7 Å². The van der Waals surface area contributed by atoms with E-state index in [0.717, 1.165) is 0 Å². The molecule has 78 valence electrons. The molecule has 0 aliphatic rings. The Bertz CT molecular complexity index is 316. The molecule has 0 spiro atoms. The van der Waals surface area contributed by atoms with Crippen molar-refractivity contribution in [3.8, 4) is 5.75 Å². The van der Waals surface area contributed by atoms with Gasteiger partial charge in [-0.1, -0.05) is 26.8 Å². The smallest absolute Gasteiger partial charge is 0.228 e. The molecule has 1 rings (SSSR count). The number of ether oxygens (including phenoxy) is 1. The normalized spacial score (nSPS) is 11.5. The van der Waals surface area contributed by atoms with E-state index in [1.54, 1.807) is 12.1 Å². The van der Waals surface area contributed by atoms with Gasteiger partial charge in [0, 0.05) is 6.07 Å². The standard InChI is InChI=1S/C11H14F2O/c1-11(2,3)9-5-4-8(14-7-12)6-10(9)13/h4-6H,7H2,1-3H3. The Balaban J connectivity index is 3.02. The monoisotopic (exact) mass is 200 g/mol. The zero-order valence-electron chi connectivity index (χ0n) is 8.60. The minimum absolute atomic E-state index is 0.220. The Morgan fingerprint density at radius 2 is 1.93 bits per heavy atom. The molecule has 0 N–H and O–H groups in total. The van der Waals surface area contributed by atoms with Crippen LogP contribution >= 0.6 is 0 Å². The molecular weight excluding hydrogens is 186 g/mol. The maximum absolute atomic E-state index is 13.5. The van der Waals surface area contributed by atoms with Crippen LogP contribution in [0.25, 0.3) is 0 Å². The minimum Gasteiger partial charge on any atom is -0.463 e. The van der Waals surface area contributed by atoms with E-state index >= 15 is 0 Å². The van der Waals surface area contributed by atoms with Crippen LogP contribution in [0.3, 0.4) is 0 Å². The first-order chi connectivity index (χ1) is 6.45. The summed E-state index contributed by atoms with van der Waals surface area (Å²) in [5.74, 6) is -0.138. The maximum Gasteiger partial charge on any atom is 0.228 e. The van der Waals surface area contributed by atoms with Gasteiger partial charge in [0.05, 0.1) is 0 Å². The molecule has 0 bridgehead atoms. The van der Waals surface area contributed by atoms with Crippen LogP contribution in [0.5, 0.6) is 5.75 Å². The van der Waals surface area contributed by atoms with Gasteiger partial charge in [0.25, 0.3) is 0 Å². The van der Waals surface area contributed by atoms with Gasteiger partial charge in [0.2, 0.25) is 6.86 Å². The molecule has 0 fully saturated rings. The first-order valence-electron chi connectivity index (χ1n) is 4.44. The zero-order chi connectivity index (χ0) is 10.8. The second-order valence-electron chi connectivity index (χ2n) is 4.15. The number of halogens is 2. The molecule has 0 amide bonds. The van der Waals surface area contributed by atoms with Crippen molar-refractivity contribution in [2.75, 3.05) is 6.86 Å². The van der Waals surface area contributed by atoms with Crippen LogP contribution in [0.4, 0.5) is 8.78 Å². The van der Waals surface area contributed by atoms with Crippen LogP contribution < -0.4 is 4.74 Å². The maximum atomic E-state index is 13.5. The Kier molecular flexibility index (Phi) is 3.09. The van der Waals surface area contributed by atoms with Crippen LogP contribution in [-0.2, 0) is 5.41 Å². The quantitative estimate of drug-likeness (QED) is 0.710. The van der Waals surface area contributed by atoms with Crippen LogP contribution in [-0.4, -0.2) is 6.86 Å². The lowest BCUT2D eigenvalue weighted by Crippen LogP contribution is -2.13. The molecule has 0 saturated heterocycles. The third-order valence-corrected chi connectivity index (χ3v) is 1.97. The molecule has 0 aliphatic heterocycles. The largest absolute Gasteiger partial charge is 0.463 e. The predicted molar refractivity (Wildman–Crippen MR) is 51.7 cm³/mol. The van der Waals surface area contributed by atoms with Crippen LogP contribution in [0, 0.1) is 5.82 Å². The van der Waals surface area contributed by atoms with Crippen molar-refractivity contribution in [1.29, 1.82) is 0 Å². The van der Waals surface area contributed by atoms with E-state index in [-0.39, 0.29) is 17.0 Å². The fourth-order valence-corrected chi connectivity index (χ4v) is 1.26. The van der Waals surface area contributed by atoms with Crippen LogP contribution in [0.15, 0.2) is 18.2 Å². The van der Waals surface area contributed by atoms with Crippen LogP contribution in [0.1, 0.15) is 26.3 Å². The Morgan fingerprint density at radius 3 is 2.36 bits per heavy atom. The molecule has 0 radical (unpaired) electrons. The summed E-state index contributed by atoms with van der Waals surface area (Å²) in [5.41, 5.74) is 0.349. The third kappa shape index (κ3) is 2.44. The van der Waals surface area contributed by atoms with Crippen molar-refractivity contribution in [2.24, 2.45) is 0 Å². The highest BCUT2D eigenvalue weighted by molar-refractivity contribution is 5.32. The fourth-order valence-electron chi connectivity index (χ4n) is 1.26. The average molecular weight is 200 g/mol. The topological polar surface area (TPSA) is 9.23 Å². The highest BCUT2D eigenvalue weighted by atomic mass is 19.1. The molecule has 1 aromatic carbocycles. The van der Waals surface area contributed by atoms with Gasteiger partial charge in [-0.25, -0.2) is 8.78 Å². The molecule has 0 aliphatic carbocycles. The summed E-state index contributed by atoms with van der Waals surface area (Å²) in [6.07, 6.45) is 0. The molecule has 1 aromatic rings. The molecule has 0 atom stereocenters. The summed E-state index contributed by atoms with van der Waals surface area (Å²) in [6, 6.07) is 4.41. The van der Waals surface area contributed by atoms with Crippen molar-refractivity contribution < 1.29 is 13.5 Å². The zero-order valence-corrected chi connectivity index (χ0v) is 8.60. The molecule has 1 nitrogen and oxygen atoms in total. The average Bonchev–Trinajstić information content (AvgIpc) is 2.02. The Morgan fingerprint density at radius 1 is 1.29 bits per heavy atom. The second-order valence-corrected chi connectivity index (χ2v) is 4.15. The second kappa shape index (κ2) is 3.95. The van der Waals surface area contributed by atoms with E-state index in [0.29, 0.717) is 5.56 Å². The SMILES string of the molecule is CC(C)(C)c1ccc(OCF)cc1F. The highest BCUT2D eigenvalue weighted by Crippen LogP contribution is 2.27. The number of hydrogen-bond acceptors (Lipinski definition) is 1. The van der Waals surface area contributed by atoms with Gasteiger partial charge in [-0.05, 0) is 17.0 Å². The molecule has 0 aromatic heterocycles. The highest BCUT2D eigenvalue weighted by Gasteiger charge is 2.18. The van der Waals surface area contributed by atoms with E-state index in [9.17, 15) is 8.78 Å². The predicted octanol–water partition coefficient (Wildman–Crippen LogP) is 3.43. The lowest BCUT2D eigenvalue weighted by molar-refractivity contribution is 0.191. The number of benzene rings is 1. The number of rotatable bonds is 2. The van der Waals surface area contributed by atoms with Crippen molar-refractivity contribution >= 4 is 0 Å². The van der Waals surface area contributed by atoms with Gasteiger partial charge in [0.1, 0.15) is 11.6 Å². The lowest BCUT2D eigenvalue weighted by Gasteiger charge is -2.19. The van der Waals surface area contributed by atoms with Gasteiger partial charge in [-0.15, -0.1) is 0 Å². The summed E-state index contributed by atoms with van der Waals surface area (Å²) < 4.78 is 29.8. The molecule has 0 saturated carbocycles. The van der Waals surface area contributed by atoms with Crippen molar-refractivity contribution in [3.63, 3.8) is 0 Å². The minimum atomic E-state index is -0.936. The summed E-state index contributed by atoms with van der Waals surface area (Å²) in [5, 5.41) is 0. The van der Waals surface area contributed by atoms with E-state index in [2.05, 4.69) is 4.74 Å². The van der Waals surface area contributed by atoms with Gasteiger partial charge in [0.15, 0.2) is 0 Å². The molecular formula is C11H14F2O. The van der Waals surface area contributed by atoms with E-state index in [1.165, 1.54) is 6.07 Å². The van der Waals surface area contributed by atoms with E-state index < -0.39 is 6.86 Å². The number of hydrogen-bond donors (Lipinski definition) is 0. The lowest BCUT2D eigenvalue weighted by atomic mass is 9.87. The molecule has 0 heterocycles.